The van der Waals surface area contributed by atoms with Gasteiger partial charge in [-0.05, 0) is 48.8 Å². The summed E-state index contributed by atoms with van der Waals surface area (Å²) in [6, 6.07) is 8.26. The maximum atomic E-state index is 6.46. The fourth-order valence-corrected chi connectivity index (χ4v) is 4.09. The lowest BCUT2D eigenvalue weighted by Gasteiger charge is -2.36. The summed E-state index contributed by atoms with van der Waals surface area (Å²) >= 11 is 0. The van der Waals surface area contributed by atoms with Gasteiger partial charge < -0.3 is 18.9 Å². The molecule has 0 fully saturated rings. The highest BCUT2D eigenvalue weighted by Gasteiger charge is 2.39. The Hall–Kier alpha value is -2.14. The first-order valence-corrected chi connectivity index (χ1v) is 11.9. The molecule has 2 aromatic carbocycles. The minimum absolute atomic E-state index is 0.159. The Kier molecular flexibility index (Phi) is 4.47. The van der Waals surface area contributed by atoms with Gasteiger partial charge in [0, 0.05) is 11.5 Å². The lowest BCUT2D eigenvalue weighted by Crippen LogP contribution is -2.43. The monoisotopic (exact) mass is 371 g/mol. The summed E-state index contributed by atoms with van der Waals surface area (Å²) in [5.74, 6) is 2.61. The second kappa shape index (κ2) is 6.23. The van der Waals surface area contributed by atoms with Gasteiger partial charge in [-0.1, -0.05) is 20.8 Å². The van der Waals surface area contributed by atoms with Crippen LogP contribution >= 0.6 is 0 Å². The molecule has 3 aromatic rings. The lowest BCUT2D eigenvalue weighted by molar-refractivity contribution is 0.408. The molecule has 0 aliphatic carbocycles. The van der Waals surface area contributed by atoms with Gasteiger partial charge in [0.05, 0.1) is 30.6 Å². The van der Waals surface area contributed by atoms with Crippen molar-refractivity contribution < 1.29 is 13.9 Å². The van der Waals surface area contributed by atoms with E-state index in [1.54, 1.807) is 14.2 Å². The van der Waals surface area contributed by atoms with Gasteiger partial charge in [-0.3, -0.25) is 0 Å². The third kappa shape index (κ3) is 2.94. The number of hydrogen-bond donors (Lipinski definition) is 1. The summed E-state index contributed by atoms with van der Waals surface area (Å²) in [7, 11) is 1.52. The second-order valence-electron chi connectivity index (χ2n) is 8.37. The Morgan fingerprint density at radius 2 is 1.69 bits per heavy atom. The Balaban J connectivity index is 2.19. The topological polar surface area (TPSA) is 43.5 Å². The molecule has 0 aliphatic heterocycles. The van der Waals surface area contributed by atoms with Gasteiger partial charge in [0.15, 0.2) is 0 Å². The first-order valence-electron chi connectivity index (χ1n) is 8.95. The minimum Gasteiger partial charge on any atom is -0.543 e. The van der Waals surface area contributed by atoms with E-state index in [1.807, 2.05) is 13.0 Å². The van der Waals surface area contributed by atoms with E-state index in [1.165, 1.54) is 0 Å². The zero-order valence-electron chi connectivity index (χ0n) is 17.0. The van der Waals surface area contributed by atoms with Crippen LogP contribution in [0.5, 0.6) is 17.2 Å². The maximum absolute atomic E-state index is 6.46. The molecule has 0 bridgehead atoms. The molecule has 3 rings (SSSR count). The van der Waals surface area contributed by atoms with Gasteiger partial charge >= 0.3 is 0 Å². The molecule has 0 saturated carbocycles. The molecule has 0 atom stereocenters. The van der Waals surface area contributed by atoms with E-state index in [2.05, 4.69) is 57.0 Å². The first-order chi connectivity index (χ1) is 12.1. The van der Waals surface area contributed by atoms with E-state index in [0.29, 0.717) is 0 Å². The molecule has 1 aromatic heterocycles. The molecule has 0 spiro atoms. The normalized spacial score (nSPS) is 12.6. The standard InChI is InChI=1S/C21H29NO3Si/c1-13-11-17(23-5)19-18(20(13)24-6)15-10-9-14(12-16(15)22-19)25-26(7,8)21(2,3)4/h9-12,22H,1-8H3. The summed E-state index contributed by atoms with van der Waals surface area (Å²) in [6.07, 6.45) is 0. The number of aromatic nitrogens is 1. The van der Waals surface area contributed by atoms with Crippen LogP contribution in [0, 0.1) is 6.92 Å². The van der Waals surface area contributed by atoms with Crippen LogP contribution in [-0.2, 0) is 0 Å². The van der Waals surface area contributed by atoms with Crippen LogP contribution in [-0.4, -0.2) is 27.5 Å². The first kappa shape index (κ1) is 18.6. The van der Waals surface area contributed by atoms with Crippen LogP contribution in [0.1, 0.15) is 26.3 Å². The highest BCUT2D eigenvalue weighted by molar-refractivity contribution is 6.74. The number of rotatable bonds is 4. The van der Waals surface area contributed by atoms with Crippen molar-refractivity contribution in [2.75, 3.05) is 14.2 Å². The molecule has 0 unspecified atom stereocenters. The Labute approximate surface area is 156 Å². The molecule has 26 heavy (non-hydrogen) atoms. The smallest absolute Gasteiger partial charge is 0.250 e. The van der Waals surface area contributed by atoms with E-state index >= 15 is 0 Å². The Morgan fingerprint density at radius 1 is 1.00 bits per heavy atom. The van der Waals surface area contributed by atoms with E-state index in [9.17, 15) is 0 Å². The quantitative estimate of drug-likeness (QED) is 0.569. The van der Waals surface area contributed by atoms with Gasteiger partial charge in [-0.25, -0.2) is 0 Å². The SMILES string of the molecule is COc1cc(C)c(OC)c2c1[nH]c1cc(O[Si](C)(C)C(C)(C)C)ccc12. The molecule has 4 nitrogen and oxygen atoms in total. The number of nitrogens with one attached hydrogen (secondary N) is 1. The van der Waals surface area contributed by atoms with Crippen LogP contribution in [0.3, 0.4) is 0 Å². The zero-order chi connectivity index (χ0) is 19.3. The van der Waals surface area contributed by atoms with Crippen molar-refractivity contribution in [3.8, 4) is 17.2 Å². The van der Waals surface area contributed by atoms with Crippen LogP contribution < -0.4 is 13.9 Å². The fraction of sp³-hybridized carbons (Fsp3) is 0.429. The van der Waals surface area contributed by atoms with Crippen LogP contribution in [0.25, 0.3) is 21.8 Å². The highest BCUT2D eigenvalue weighted by Crippen LogP contribution is 2.42. The van der Waals surface area contributed by atoms with E-state index in [0.717, 1.165) is 44.6 Å². The number of benzene rings is 2. The van der Waals surface area contributed by atoms with Crippen LogP contribution in [0.4, 0.5) is 0 Å². The van der Waals surface area contributed by atoms with Crippen molar-refractivity contribution >= 4 is 30.1 Å². The molecular formula is C21H29NO3Si. The predicted octanol–water partition coefficient (Wildman–Crippen LogP) is 6.03. The van der Waals surface area contributed by atoms with Crippen molar-refractivity contribution in [2.45, 2.75) is 45.8 Å². The number of aryl methyl sites for hydroxylation is 1. The van der Waals surface area contributed by atoms with Crippen molar-refractivity contribution in [3.05, 3.63) is 29.8 Å². The van der Waals surface area contributed by atoms with Crippen molar-refractivity contribution in [2.24, 2.45) is 0 Å². The number of fused-ring (bicyclic) bond motifs is 3. The van der Waals surface area contributed by atoms with E-state index in [-0.39, 0.29) is 5.04 Å². The predicted molar refractivity (Wildman–Crippen MR) is 111 cm³/mol. The zero-order valence-corrected chi connectivity index (χ0v) is 18.0. The van der Waals surface area contributed by atoms with Gasteiger partial charge in [0.1, 0.15) is 17.2 Å². The summed E-state index contributed by atoms with van der Waals surface area (Å²) in [6.45, 7) is 13.3. The van der Waals surface area contributed by atoms with Crippen molar-refractivity contribution in [1.82, 2.24) is 4.98 Å². The molecule has 140 valence electrons. The number of hydrogen-bond acceptors (Lipinski definition) is 3. The van der Waals surface area contributed by atoms with Crippen molar-refractivity contribution in [3.63, 3.8) is 0 Å². The molecule has 0 aliphatic rings. The average molecular weight is 372 g/mol. The Morgan fingerprint density at radius 3 is 2.27 bits per heavy atom. The minimum atomic E-state index is -1.88. The average Bonchev–Trinajstić information content (AvgIpc) is 2.91. The summed E-state index contributed by atoms with van der Waals surface area (Å²) in [4.78, 5) is 3.49. The maximum Gasteiger partial charge on any atom is 0.250 e. The molecule has 1 heterocycles. The number of methoxy groups -OCH3 is 2. The van der Waals surface area contributed by atoms with Gasteiger partial charge in [-0.2, -0.15) is 0 Å². The van der Waals surface area contributed by atoms with E-state index in [4.69, 9.17) is 13.9 Å². The largest absolute Gasteiger partial charge is 0.543 e. The van der Waals surface area contributed by atoms with Crippen LogP contribution in [0.15, 0.2) is 24.3 Å². The van der Waals surface area contributed by atoms with Gasteiger partial charge in [0.25, 0.3) is 0 Å². The summed E-state index contributed by atoms with van der Waals surface area (Å²) in [5.41, 5.74) is 3.03. The highest BCUT2D eigenvalue weighted by atomic mass is 28.4. The Bertz CT molecular complexity index is 967. The van der Waals surface area contributed by atoms with E-state index < -0.39 is 8.32 Å². The second-order valence-corrected chi connectivity index (χ2v) is 13.1. The number of H-pyrrole nitrogens is 1. The molecule has 0 radical (unpaired) electrons. The molecule has 0 saturated heterocycles. The third-order valence-corrected chi connectivity index (χ3v) is 9.91. The van der Waals surface area contributed by atoms with Crippen molar-refractivity contribution in [1.29, 1.82) is 0 Å². The molecule has 5 heteroatoms. The molecule has 0 amide bonds. The summed E-state index contributed by atoms with van der Waals surface area (Å²) < 4.78 is 17.7. The fourth-order valence-electron chi connectivity index (χ4n) is 3.06. The van der Waals surface area contributed by atoms with Gasteiger partial charge in [0.2, 0.25) is 8.32 Å². The molecule has 1 N–H and O–H groups in total. The summed E-state index contributed by atoms with van der Waals surface area (Å²) in [5, 5.41) is 2.33. The van der Waals surface area contributed by atoms with Crippen LogP contribution in [0.2, 0.25) is 18.1 Å². The number of aromatic amines is 1. The number of ether oxygens (including phenoxy) is 2. The lowest BCUT2D eigenvalue weighted by atomic mass is 10.1. The molecular weight excluding hydrogens is 342 g/mol. The van der Waals surface area contributed by atoms with Gasteiger partial charge in [-0.15, -0.1) is 0 Å². The third-order valence-electron chi connectivity index (χ3n) is 5.55.